The summed E-state index contributed by atoms with van der Waals surface area (Å²) in [6, 6.07) is 16.7. The van der Waals surface area contributed by atoms with Crippen LogP contribution in [0.25, 0.3) is 11.1 Å². The van der Waals surface area contributed by atoms with Crippen LogP contribution in [0.4, 0.5) is 0 Å². The molecule has 1 aliphatic heterocycles. The lowest BCUT2D eigenvalue weighted by Crippen LogP contribution is -2.46. The first-order valence-corrected chi connectivity index (χ1v) is 9.72. The van der Waals surface area contributed by atoms with E-state index in [4.69, 9.17) is 0 Å². The Balaban J connectivity index is 1.73. The molecule has 6 heteroatoms. The third kappa shape index (κ3) is 4.21. The van der Waals surface area contributed by atoms with Crippen molar-refractivity contribution in [1.82, 2.24) is 14.9 Å². The van der Waals surface area contributed by atoms with Gasteiger partial charge in [-0.3, -0.25) is 4.90 Å². The molecule has 24 heavy (non-hydrogen) atoms. The zero-order valence-electron chi connectivity index (χ0n) is 13.6. The summed E-state index contributed by atoms with van der Waals surface area (Å²) in [5, 5.41) is 3.29. The molecule has 0 saturated carbocycles. The molecule has 5 nitrogen and oxygen atoms in total. The maximum absolute atomic E-state index is 12.7. The second kappa shape index (κ2) is 7.90. The van der Waals surface area contributed by atoms with Crippen LogP contribution < -0.4 is 10.0 Å². The van der Waals surface area contributed by atoms with E-state index in [0.717, 1.165) is 43.9 Å². The van der Waals surface area contributed by atoms with E-state index in [-0.39, 0.29) is 0 Å². The molecular weight excluding hydrogens is 322 g/mol. The van der Waals surface area contributed by atoms with Crippen molar-refractivity contribution in [2.24, 2.45) is 0 Å². The second-order valence-corrected chi connectivity index (χ2v) is 7.59. The van der Waals surface area contributed by atoms with E-state index in [1.165, 1.54) is 0 Å². The van der Waals surface area contributed by atoms with Gasteiger partial charge in [0, 0.05) is 44.8 Å². The summed E-state index contributed by atoms with van der Waals surface area (Å²) in [6.45, 7) is 5.00. The van der Waals surface area contributed by atoms with Crippen molar-refractivity contribution >= 4 is 10.0 Å². The van der Waals surface area contributed by atoms with Gasteiger partial charge >= 0.3 is 0 Å². The van der Waals surface area contributed by atoms with Crippen molar-refractivity contribution in [2.75, 3.05) is 39.3 Å². The normalized spacial score (nSPS) is 16.2. The molecule has 128 valence electrons. The molecule has 1 aliphatic rings. The molecule has 0 atom stereocenters. The van der Waals surface area contributed by atoms with Gasteiger partial charge in [0.2, 0.25) is 10.0 Å². The van der Waals surface area contributed by atoms with Crippen LogP contribution in [0.15, 0.2) is 59.5 Å². The lowest BCUT2D eigenvalue weighted by Gasteiger charge is -2.27. The number of benzene rings is 2. The highest BCUT2D eigenvalue weighted by Crippen LogP contribution is 2.26. The van der Waals surface area contributed by atoms with Gasteiger partial charge in [0.1, 0.15) is 0 Å². The molecule has 0 unspecified atom stereocenters. The Kier molecular flexibility index (Phi) is 5.63. The van der Waals surface area contributed by atoms with Gasteiger partial charge in [-0.15, -0.1) is 0 Å². The van der Waals surface area contributed by atoms with Crippen molar-refractivity contribution in [3.63, 3.8) is 0 Å². The monoisotopic (exact) mass is 345 g/mol. The average Bonchev–Trinajstić information content (AvgIpc) is 2.63. The number of piperazine rings is 1. The summed E-state index contributed by atoms with van der Waals surface area (Å²) in [4.78, 5) is 2.60. The minimum Gasteiger partial charge on any atom is -0.314 e. The van der Waals surface area contributed by atoms with Crippen LogP contribution in [0, 0.1) is 0 Å². The van der Waals surface area contributed by atoms with Gasteiger partial charge < -0.3 is 5.32 Å². The fourth-order valence-electron chi connectivity index (χ4n) is 2.91. The van der Waals surface area contributed by atoms with Gasteiger partial charge in [0.05, 0.1) is 4.90 Å². The van der Waals surface area contributed by atoms with Crippen LogP contribution in [0.3, 0.4) is 0 Å². The van der Waals surface area contributed by atoms with Crippen molar-refractivity contribution in [3.8, 4) is 11.1 Å². The predicted molar refractivity (Wildman–Crippen MR) is 96.4 cm³/mol. The highest BCUT2D eigenvalue weighted by atomic mass is 32.2. The molecule has 1 heterocycles. The van der Waals surface area contributed by atoms with E-state index in [1.54, 1.807) is 12.1 Å². The minimum absolute atomic E-state index is 0.330. The zero-order valence-corrected chi connectivity index (χ0v) is 14.4. The summed E-state index contributed by atoms with van der Waals surface area (Å²) < 4.78 is 28.2. The Morgan fingerprint density at radius 3 is 2.38 bits per heavy atom. The molecule has 0 amide bonds. The first-order valence-electron chi connectivity index (χ1n) is 8.24. The van der Waals surface area contributed by atoms with Gasteiger partial charge in [0.15, 0.2) is 0 Å². The third-order valence-corrected chi connectivity index (χ3v) is 5.71. The lowest BCUT2D eigenvalue weighted by atomic mass is 10.1. The molecule has 2 N–H and O–H groups in total. The average molecular weight is 345 g/mol. The van der Waals surface area contributed by atoms with E-state index >= 15 is 0 Å². The number of hydrogen-bond donors (Lipinski definition) is 2. The lowest BCUT2D eigenvalue weighted by molar-refractivity contribution is 0.245. The van der Waals surface area contributed by atoms with E-state index in [2.05, 4.69) is 14.9 Å². The molecule has 2 aromatic rings. The summed E-state index contributed by atoms with van der Waals surface area (Å²) in [7, 11) is -3.53. The summed E-state index contributed by atoms with van der Waals surface area (Å²) in [6.07, 6.45) is 0. The van der Waals surface area contributed by atoms with Gasteiger partial charge in [-0.2, -0.15) is 0 Å². The molecule has 3 rings (SSSR count). The molecule has 1 saturated heterocycles. The van der Waals surface area contributed by atoms with Crippen LogP contribution in [0.5, 0.6) is 0 Å². The highest BCUT2D eigenvalue weighted by Gasteiger charge is 2.19. The van der Waals surface area contributed by atoms with Crippen LogP contribution in [0.2, 0.25) is 0 Å². The standard InChI is InChI=1S/C18H23N3O2S/c22-24(23,20-12-15-21-13-10-19-11-14-21)18-9-5-4-8-17(18)16-6-2-1-3-7-16/h1-9,19-20H,10-15H2. The Morgan fingerprint density at radius 2 is 1.62 bits per heavy atom. The second-order valence-electron chi connectivity index (χ2n) is 5.85. The first-order chi connectivity index (χ1) is 11.7. The fraction of sp³-hybridized carbons (Fsp3) is 0.333. The highest BCUT2D eigenvalue weighted by molar-refractivity contribution is 7.89. The van der Waals surface area contributed by atoms with Gasteiger partial charge in [-0.25, -0.2) is 13.1 Å². The van der Waals surface area contributed by atoms with Gasteiger partial charge in [-0.1, -0.05) is 48.5 Å². The van der Waals surface area contributed by atoms with Crippen LogP contribution in [0.1, 0.15) is 0 Å². The smallest absolute Gasteiger partial charge is 0.241 e. The molecule has 1 fully saturated rings. The number of nitrogens with one attached hydrogen (secondary N) is 2. The van der Waals surface area contributed by atoms with Crippen molar-refractivity contribution in [3.05, 3.63) is 54.6 Å². The molecule has 0 radical (unpaired) electrons. The minimum atomic E-state index is -3.53. The molecule has 2 aromatic carbocycles. The predicted octanol–water partition coefficient (Wildman–Crippen LogP) is 1.54. The van der Waals surface area contributed by atoms with Gasteiger partial charge in [-0.05, 0) is 11.6 Å². The summed E-state index contributed by atoms with van der Waals surface area (Å²) >= 11 is 0. The maximum atomic E-state index is 12.7. The van der Waals surface area contributed by atoms with E-state index in [1.807, 2.05) is 42.5 Å². The molecule has 0 aliphatic carbocycles. The third-order valence-electron chi connectivity index (χ3n) is 4.19. The SMILES string of the molecule is O=S(=O)(NCCN1CCNCC1)c1ccccc1-c1ccccc1. The van der Waals surface area contributed by atoms with Crippen LogP contribution >= 0.6 is 0 Å². The quantitative estimate of drug-likeness (QED) is 0.834. The van der Waals surface area contributed by atoms with Crippen molar-refractivity contribution < 1.29 is 8.42 Å². The number of rotatable bonds is 6. The Hall–Kier alpha value is -1.73. The molecular formula is C18H23N3O2S. The number of sulfonamides is 1. The van der Waals surface area contributed by atoms with E-state index in [9.17, 15) is 8.42 Å². The molecule has 0 aromatic heterocycles. The Bertz CT molecular complexity index is 757. The van der Waals surface area contributed by atoms with Crippen LogP contribution in [-0.2, 0) is 10.0 Å². The number of nitrogens with zero attached hydrogens (tertiary/aromatic N) is 1. The Morgan fingerprint density at radius 1 is 0.958 bits per heavy atom. The maximum Gasteiger partial charge on any atom is 0.241 e. The van der Waals surface area contributed by atoms with Crippen molar-refractivity contribution in [2.45, 2.75) is 4.90 Å². The van der Waals surface area contributed by atoms with Gasteiger partial charge in [0.25, 0.3) is 0 Å². The molecule has 0 bridgehead atoms. The summed E-state index contributed by atoms with van der Waals surface area (Å²) in [5.74, 6) is 0. The topological polar surface area (TPSA) is 61.4 Å². The zero-order chi connectivity index (χ0) is 16.8. The first kappa shape index (κ1) is 17.1. The van der Waals surface area contributed by atoms with E-state index < -0.39 is 10.0 Å². The van der Waals surface area contributed by atoms with Crippen molar-refractivity contribution in [1.29, 1.82) is 0 Å². The molecule has 0 spiro atoms. The number of hydrogen-bond acceptors (Lipinski definition) is 4. The summed E-state index contributed by atoms with van der Waals surface area (Å²) in [5.41, 5.74) is 1.63. The largest absolute Gasteiger partial charge is 0.314 e. The van der Waals surface area contributed by atoms with Crippen LogP contribution in [-0.4, -0.2) is 52.6 Å². The fourth-order valence-corrected chi connectivity index (χ4v) is 4.16. The Labute approximate surface area is 143 Å². The van der Waals surface area contributed by atoms with E-state index in [0.29, 0.717) is 11.4 Å².